The number of aromatic nitrogens is 1. The minimum atomic E-state index is -0.623. The lowest BCUT2D eigenvalue weighted by atomic mass is 10.1. The monoisotopic (exact) mass is 495 g/mol. The zero-order valence-corrected chi connectivity index (χ0v) is 20.0. The standard InChI is InChI=1S/C24H22ClN5O3S/c1-14(15-6-4-3-5-7-15)30(33)23(32)16-8-10-18(25)20(12-16)28-22(31)19-11-9-17-13-26-24(34-2)29-21(17)27-19/h3-14,24,33H,1-2H3,(H,27,29)(H,28,31). The van der Waals surface area contributed by atoms with Crippen LogP contribution in [0.2, 0.25) is 5.02 Å². The van der Waals surface area contributed by atoms with E-state index in [4.69, 9.17) is 11.6 Å². The zero-order chi connectivity index (χ0) is 24.2. The molecule has 0 spiro atoms. The number of hydrogen-bond acceptors (Lipinski definition) is 7. The Hall–Kier alpha value is -3.40. The number of nitrogens with one attached hydrogen (secondary N) is 2. The van der Waals surface area contributed by atoms with Crippen LogP contribution in [0.5, 0.6) is 0 Å². The van der Waals surface area contributed by atoms with Crippen molar-refractivity contribution in [3.8, 4) is 0 Å². The molecular formula is C24H22ClN5O3S. The van der Waals surface area contributed by atoms with Crippen molar-refractivity contribution >= 4 is 52.9 Å². The Morgan fingerprint density at radius 1 is 1.18 bits per heavy atom. The van der Waals surface area contributed by atoms with Crippen LogP contribution >= 0.6 is 23.4 Å². The Bertz CT molecular complexity index is 1250. The molecule has 0 fully saturated rings. The average Bonchev–Trinajstić information content (AvgIpc) is 2.88. The predicted octanol–water partition coefficient (Wildman–Crippen LogP) is 5.07. The molecule has 2 heterocycles. The number of rotatable bonds is 6. The number of thioether (sulfide) groups is 1. The number of carbonyl (C=O) groups is 2. The van der Waals surface area contributed by atoms with E-state index >= 15 is 0 Å². The maximum Gasteiger partial charge on any atom is 0.277 e. The number of pyridine rings is 1. The molecule has 8 nitrogen and oxygen atoms in total. The van der Waals surface area contributed by atoms with Gasteiger partial charge >= 0.3 is 0 Å². The molecule has 10 heteroatoms. The number of hydroxylamine groups is 2. The smallest absolute Gasteiger partial charge is 0.277 e. The Morgan fingerprint density at radius 3 is 2.68 bits per heavy atom. The van der Waals surface area contributed by atoms with Crippen molar-refractivity contribution in [3.63, 3.8) is 0 Å². The lowest BCUT2D eigenvalue weighted by molar-refractivity contribution is -0.0854. The minimum Gasteiger partial charge on any atom is -0.339 e. The van der Waals surface area contributed by atoms with Gasteiger partial charge in [0.25, 0.3) is 11.8 Å². The Morgan fingerprint density at radius 2 is 1.94 bits per heavy atom. The van der Waals surface area contributed by atoms with Gasteiger partial charge in [-0.2, -0.15) is 0 Å². The molecule has 0 saturated heterocycles. The number of amides is 2. The summed E-state index contributed by atoms with van der Waals surface area (Å²) < 4.78 is 0. The maximum atomic E-state index is 12.9. The molecule has 0 saturated carbocycles. The van der Waals surface area contributed by atoms with Crippen LogP contribution in [-0.2, 0) is 0 Å². The number of anilines is 2. The summed E-state index contributed by atoms with van der Waals surface area (Å²) in [6, 6.07) is 16.3. The second-order valence-corrected chi connectivity index (χ2v) is 8.86. The van der Waals surface area contributed by atoms with E-state index in [-0.39, 0.29) is 27.5 Å². The van der Waals surface area contributed by atoms with Gasteiger partial charge in [-0.25, -0.2) is 10.0 Å². The topological polar surface area (TPSA) is 107 Å². The molecule has 3 N–H and O–H groups in total. The number of halogens is 1. The third-order valence-corrected chi connectivity index (χ3v) is 6.33. The number of benzene rings is 2. The fraction of sp³-hybridized carbons (Fsp3) is 0.167. The van der Waals surface area contributed by atoms with Gasteiger partial charge in [0, 0.05) is 17.3 Å². The van der Waals surface area contributed by atoms with Gasteiger partial charge in [0.1, 0.15) is 11.5 Å². The van der Waals surface area contributed by atoms with Crippen molar-refractivity contribution in [1.82, 2.24) is 10.0 Å². The molecular weight excluding hydrogens is 474 g/mol. The minimum absolute atomic E-state index is 0.170. The van der Waals surface area contributed by atoms with Crippen molar-refractivity contribution < 1.29 is 14.8 Å². The molecule has 2 aromatic carbocycles. The van der Waals surface area contributed by atoms with Crippen LogP contribution in [0.15, 0.2) is 65.7 Å². The molecule has 4 rings (SSSR count). The molecule has 1 aliphatic rings. The van der Waals surface area contributed by atoms with Crippen LogP contribution in [-0.4, -0.2) is 45.0 Å². The van der Waals surface area contributed by atoms with Crippen molar-refractivity contribution in [2.45, 2.75) is 18.5 Å². The van der Waals surface area contributed by atoms with Crippen LogP contribution in [0.3, 0.4) is 0 Å². The van der Waals surface area contributed by atoms with E-state index in [2.05, 4.69) is 20.6 Å². The van der Waals surface area contributed by atoms with Crippen molar-refractivity contribution in [1.29, 1.82) is 0 Å². The zero-order valence-electron chi connectivity index (χ0n) is 18.4. The fourth-order valence-corrected chi connectivity index (χ4v) is 3.94. The van der Waals surface area contributed by atoms with Gasteiger partial charge in [0.15, 0.2) is 5.50 Å². The predicted molar refractivity (Wildman–Crippen MR) is 135 cm³/mol. The second-order valence-electron chi connectivity index (χ2n) is 7.53. The SMILES string of the molecule is CSC1N=Cc2ccc(C(=O)Nc3cc(C(=O)N(O)C(C)c4ccccc4)ccc3Cl)nc2N1. The third kappa shape index (κ3) is 5.06. The van der Waals surface area contributed by atoms with E-state index in [9.17, 15) is 14.8 Å². The first kappa shape index (κ1) is 23.7. The highest BCUT2D eigenvalue weighted by Crippen LogP contribution is 2.27. The first-order valence-electron chi connectivity index (χ1n) is 10.4. The van der Waals surface area contributed by atoms with E-state index in [1.165, 1.54) is 30.0 Å². The first-order chi connectivity index (χ1) is 16.4. The normalized spacial score (nSPS) is 15.1. The van der Waals surface area contributed by atoms with Crippen molar-refractivity contribution in [3.05, 3.63) is 88.1 Å². The summed E-state index contributed by atoms with van der Waals surface area (Å²) in [6.07, 6.45) is 3.63. The summed E-state index contributed by atoms with van der Waals surface area (Å²) in [5.41, 5.74) is 1.97. The summed E-state index contributed by atoms with van der Waals surface area (Å²) in [7, 11) is 0. The highest BCUT2D eigenvalue weighted by Gasteiger charge is 2.23. The molecule has 1 aromatic heterocycles. The Kier molecular flexibility index (Phi) is 7.16. The van der Waals surface area contributed by atoms with Gasteiger partial charge in [0.2, 0.25) is 0 Å². The van der Waals surface area contributed by atoms with Crippen molar-refractivity contribution in [2.75, 3.05) is 16.9 Å². The van der Waals surface area contributed by atoms with Gasteiger partial charge in [0.05, 0.1) is 16.8 Å². The maximum absolute atomic E-state index is 12.9. The Balaban J connectivity index is 1.52. The average molecular weight is 496 g/mol. The number of carbonyl (C=O) groups excluding carboxylic acids is 2. The number of fused-ring (bicyclic) bond motifs is 1. The molecule has 1 aliphatic heterocycles. The lowest BCUT2D eigenvalue weighted by Gasteiger charge is -2.23. The second kappa shape index (κ2) is 10.3. The summed E-state index contributed by atoms with van der Waals surface area (Å²) in [5, 5.41) is 17.3. The molecule has 2 amide bonds. The molecule has 0 radical (unpaired) electrons. The quantitative estimate of drug-likeness (QED) is 0.325. The molecule has 0 aliphatic carbocycles. The van der Waals surface area contributed by atoms with E-state index in [1.54, 1.807) is 25.3 Å². The fourth-order valence-electron chi connectivity index (χ4n) is 3.36. The Labute approximate surface area is 206 Å². The van der Waals surface area contributed by atoms with Crippen LogP contribution in [0.4, 0.5) is 11.5 Å². The highest BCUT2D eigenvalue weighted by atomic mass is 35.5. The van der Waals surface area contributed by atoms with E-state index in [0.29, 0.717) is 10.9 Å². The molecule has 2 unspecified atom stereocenters. The first-order valence-corrected chi connectivity index (χ1v) is 12.1. The van der Waals surface area contributed by atoms with Crippen LogP contribution in [0, 0.1) is 0 Å². The summed E-state index contributed by atoms with van der Waals surface area (Å²) in [4.78, 5) is 34.5. The van der Waals surface area contributed by atoms with Gasteiger partial charge in [-0.3, -0.25) is 19.8 Å². The molecule has 34 heavy (non-hydrogen) atoms. The molecule has 174 valence electrons. The lowest BCUT2D eigenvalue weighted by Crippen LogP contribution is -2.30. The molecule has 0 bridgehead atoms. The number of hydrogen-bond donors (Lipinski definition) is 3. The van der Waals surface area contributed by atoms with E-state index in [1.807, 2.05) is 36.6 Å². The number of nitrogens with zero attached hydrogens (tertiary/aromatic N) is 3. The summed E-state index contributed by atoms with van der Waals surface area (Å²) >= 11 is 7.78. The summed E-state index contributed by atoms with van der Waals surface area (Å²) in [6.45, 7) is 1.72. The largest absolute Gasteiger partial charge is 0.339 e. The van der Waals surface area contributed by atoms with E-state index < -0.39 is 17.9 Å². The summed E-state index contributed by atoms with van der Waals surface area (Å²) in [5.74, 6) is -0.553. The third-order valence-electron chi connectivity index (χ3n) is 5.31. The highest BCUT2D eigenvalue weighted by molar-refractivity contribution is 7.99. The van der Waals surface area contributed by atoms with Crippen LogP contribution in [0.25, 0.3) is 0 Å². The molecule has 3 aromatic rings. The van der Waals surface area contributed by atoms with Gasteiger partial charge in [-0.1, -0.05) is 41.9 Å². The van der Waals surface area contributed by atoms with Crippen molar-refractivity contribution in [2.24, 2.45) is 4.99 Å². The molecule has 2 atom stereocenters. The van der Waals surface area contributed by atoms with Gasteiger partial charge in [-0.15, -0.1) is 11.8 Å². The number of aliphatic imine (C=N–C) groups is 1. The van der Waals surface area contributed by atoms with Gasteiger partial charge in [-0.05, 0) is 49.1 Å². The van der Waals surface area contributed by atoms with Crippen LogP contribution < -0.4 is 10.6 Å². The van der Waals surface area contributed by atoms with Gasteiger partial charge < -0.3 is 10.6 Å². The van der Waals surface area contributed by atoms with E-state index in [0.717, 1.165) is 11.1 Å². The van der Waals surface area contributed by atoms with Crippen LogP contribution in [0.1, 0.15) is 44.9 Å².